The lowest BCUT2D eigenvalue weighted by molar-refractivity contribution is 0.375. The SMILES string of the molecule is CC(NCC(C)C(C)C)c1cccc(Br)c1. The van der Waals surface area contributed by atoms with Gasteiger partial charge in [-0.25, -0.2) is 0 Å². The molecule has 16 heavy (non-hydrogen) atoms. The average Bonchev–Trinajstić information content (AvgIpc) is 2.25. The van der Waals surface area contributed by atoms with Gasteiger partial charge in [0.15, 0.2) is 0 Å². The lowest BCUT2D eigenvalue weighted by atomic mass is 9.97. The molecule has 0 aliphatic heterocycles. The first-order chi connectivity index (χ1) is 7.50. The molecule has 0 bridgehead atoms. The highest BCUT2D eigenvalue weighted by molar-refractivity contribution is 9.10. The Labute approximate surface area is 108 Å². The Hall–Kier alpha value is -0.340. The molecule has 90 valence electrons. The highest BCUT2D eigenvalue weighted by atomic mass is 79.9. The average molecular weight is 284 g/mol. The number of hydrogen-bond acceptors (Lipinski definition) is 1. The first-order valence-electron chi connectivity index (χ1n) is 5.99. The Morgan fingerprint density at radius 2 is 1.88 bits per heavy atom. The van der Waals surface area contributed by atoms with Crippen molar-refractivity contribution in [1.29, 1.82) is 0 Å². The van der Waals surface area contributed by atoms with Gasteiger partial charge in [0, 0.05) is 10.5 Å². The molecule has 1 nitrogen and oxygen atoms in total. The molecule has 2 atom stereocenters. The zero-order chi connectivity index (χ0) is 12.1. The normalized spacial score (nSPS) is 15.1. The second-order valence-electron chi connectivity index (χ2n) is 4.91. The minimum Gasteiger partial charge on any atom is -0.310 e. The van der Waals surface area contributed by atoms with E-state index in [1.54, 1.807) is 0 Å². The van der Waals surface area contributed by atoms with Gasteiger partial charge in [-0.05, 0) is 43.0 Å². The molecular weight excluding hydrogens is 262 g/mol. The van der Waals surface area contributed by atoms with Gasteiger partial charge in [0.05, 0.1) is 0 Å². The molecule has 0 spiro atoms. The lowest BCUT2D eigenvalue weighted by Crippen LogP contribution is -2.26. The van der Waals surface area contributed by atoms with Crippen LogP contribution in [0.5, 0.6) is 0 Å². The topological polar surface area (TPSA) is 12.0 Å². The summed E-state index contributed by atoms with van der Waals surface area (Å²) in [6.45, 7) is 10.1. The highest BCUT2D eigenvalue weighted by Crippen LogP contribution is 2.18. The molecule has 2 unspecified atom stereocenters. The Morgan fingerprint density at radius 1 is 1.19 bits per heavy atom. The number of halogens is 1. The van der Waals surface area contributed by atoms with E-state index >= 15 is 0 Å². The molecule has 2 heteroatoms. The third-order valence-corrected chi connectivity index (χ3v) is 3.73. The zero-order valence-electron chi connectivity index (χ0n) is 10.6. The van der Waals surface area contributed by atoms with Crippen LogP contribution < -0.4 is 5.32 Å². The van der Waals surface area contributed by atoms with Crippen molar-refractivity contribution in [2.24, 2.45) is 11.8 Å². The quantitative estimate of drug-likeness (QED) is 0.845. The van der Waals surface area contributed by atoms with Gasteiger partial charge in [-0.2, -0.15) is 0 Å². The van der Waals surface area contributed by atoms with Crippen molar-refractivity contribution in [2.75, 3.05) is 6.54 Å². The summed E-state index contributed by atoms with van der Waals surface area (Å²) in [6.07, 6.45) is 0. The second-order valence-corrected chi connectivity index (χ2v) is 5.82. The molecule has 0 aliphatic rings. The van der Waals surface area contributed by atoms with Gasteiger partial charge in [-0.15, -0.1) is 0 Å². The van der Waals surface area contributed by atoms with Crippen molar-refractivity contribution in [2.45, 2.75) is 33.7 Å². The Balaban J connectivity index is 2.49. The predicted octanol–water partition coefficient (Wildman–Crippen LogP) is 4.39. The monoisotopic (exact) mass is 283 g/mol. The third kappa shape index (κ3) is 4.26. The van der Waals surface area contributed by atoms with E-state index < -0.39 is 0 Å². The summed E-state index contributed by atoms with van der Waals surface area (Å²) in [5.74, 6) is 1.46. The number of nitrogens with one attached hydrogen (secondary N) is 1. The molecule has 0 saturated heterocycles. The summed E-state index contributed by atoms with van der Waals surface area (Å²) in [7, 11) is 0. The maximum atomic E-state index is 3.59. The van der Waals surface area contributed by atoms with Gasteiger partial charge >= 0.3 is 0 Å². The molecule has 0 fully saturated rings. The summed E-state index contributed by atoms with van der Waals surface area (Å²) < 4.78 is 1.15. The maximum absolute atomic E-state index is 3.59. The van der Waals surface area contributed by atoms with E-state index in [1.807, 2.05) is 0 Å². The highest BCUT2D eigenvalue weighted by Gasteiger charge is 2.10. The smallest absolute Gasteiger partial charge is 0.0292 e. The van der Waals surface area contributed by atoms with Gasteiger partial charge in [0.2, 0.25) is 0 Å². The van der Waals surface area contributed by atoms with Gasteiger partial charge < -0.3 is 5.32 Å². The van der Waals surface area contributed by atoms with Crippen LogP contribution in [0.2, 0.25) is 0 Å². The fourth-order valence-corrected chi connectivity index (χ4v) is 1.91. The molecule has 0 aromatic heterocycles. The first kappa shape index (κ1) is 13.7. The fraction of sp³-hybridized carbons (Fsp3) is 0.571. The summed E-state index contributed by atoms with van der Waals surface area (Å²) >= 11 is 3.51. The van der Waals surface area contributed by atoms with Crippen molar-refractivity contribution < 1.29 is 0 Å². The summed E-state index contributed by atoms with van der Waals surface area (Å²) in [5.41, 5.74) is 1.34. The first-order valence-corrected chi connectivity index (χ1v) is 6.79. The lowest BCUT2D eigenvalue weighted by Gasteiger charge is -2.20. The van der Waals surface area contributed by atoms with Crippen LogP contribution >= 0.6 is 15.9 Å². The molecular formula is C14H22BrN. The van der Waals surface area contributed by atoms with E-state index in [0.29, 0.717) is 6.04 Å². The second kappa shape index (κ2) is 6.41. The van der Waals surface area contributed by atoms with Crippen molar-refractivity contribution in [3.05, 3.63) is 34.3 Å². The number of rotatable bonds is 5. The van der Waals surface area contributed by atoms with Crippen molar-refractivity contribution in [3.63, 3.8) is 0 Å². The molecule has 1 aromatic carbocycles. The fourth-order valence-electron chi connectivity index (χ4n) is 1.49. The molecule has 0 amide bonds. The molecule has 1 N–H and O–H groups in total. The van der Waals surface area contributed by atoms with Gasteiger partial charge in [0.1, 0.15) is 0 Å². The Bertz CT molecular complexity index is 322. The standard InChI is InChI=1S/C14H22BrN/c1-10(2)11(3)9-16-12(4)13-6-5-7-14(15)8-13/h5-8,10-12,16H,9H2,1-4H3. The molecule has 1 rings (SSSR count). The van der Waals surface area contributed by atoms with Gasteiger partial charge in [0.25, 0.3) is 0 Å². The van der Waals surface area contributed by atoms with E-state index in [0.717, 1.165) is 22.9 Å². The minimum absolute atomic E-state index is 0.415. The maximum Gasteiger partial charge on any atom is 0.0292 e. The van der Waals surface area contributed by atoms with Crippen LogP contribution in [0.25, 0.3) is 0 Å². The van der Waals surface area contributed by atoms with Gasteiger partial charge in [-0.1, -0.05) is 48.8 Å². The molecule has 1 aromatic rings. The van der Waals surface area contributed by atoms with Crippen molar-refractivity contribution in [3.8, 4) is 0 Å². The van der Waals surface area contributed by atoms with Crippen LogP contribution in [0, 0.1) is 11.8 Å². The van der Waals surface area contributed by atoms with E-state index in [1.165, 1.54) is 5.56 Å². The van der Waals surface area contributed by atoms with Crippen LogP contribution in [0.3, 0.4) is 0 Å². The predicted molar refractivity (Wildman–Crippen MR) is 74.6 cm³/mol. The number of hydrogen-bond donors (Lipinski definition) is 1. The number of benzene rings is 1. The van der Waals surface area contributed by atoms with E-state index in [2.05, 4.69) is 73.2 Å². The Morgan fingerprint density at radius 3 is 2.44 bits per heavy atom. The third-order valence-electron chi connectivity index (χ3n) is 3.23. The summed E-state index contributed by atoms with van der Waals surface area (Å²) in [4.78, 5) is 0. The van der Waals surface area contributed by atoms with Crippen LogP contribution in [0.1, 0.15) is 39.3 Å². The molecule has 0 radical (unpaired) electrons. The largest absolute Gasteiger partial charge is 0.310 e. The van der Waals surface area contributed by atoms with Crippen LogP contribution in [-0.4, -0.2) is 6.54 Å². The van der Waals surface area contributed by atoms with E-state index in [-0.39, 0.29) is 0 Å². The van der Waals surface area contributed by atoms with Crippen LogP contribution in [0.15, 0.2) is 28.7 Å². The molecule has 0 saturated carbocycles. The van der Waals surface area contributed by atoms with Gasteiger partial charge in [-0.3, -0.25) is 0 Å². The minimum atomic E-state index is 0.415. The molecule has 0 aliphatic carbocycles. The summed E-state index contributed by atoms with van der Waals surface area (Å²) in [5, 5.41) is 3.59. The van der Waals surface area contributed by atoms with Crippen molar-refractivity contribution >= 4 is 15.9 Å². The van der Waals surface area contributed by atoms with E-state index in [9.17, 15) is 0 Å². The van der Waals surface area contributed by atoms with E-state index in [4.69, 9.17) is 0 Å². The van der Waals surface area contributed by atoms with Crippen LogP contribution in [-0.2, 0) is 0 Å². The summed E-state index contributed by atoms with van der Waals surface area (Å²) in [6, 6.07) is 8.91. The Kier molecular flexibility index (Phi) is 5.50. The van der Waals surface area contributed by atoms with Crippen LogP contribution in [0.4, 0.5) is 0 Å². The van der Waals surface area contributed by atoms with Crippen molar-refractivity contribution in [1.82, 2.24) is 5.32 Å². The molecule has 0 heterocycles. The zero-order valence-corrected chi connectivity index (χ0v) is 12.2.